The third kappa shape index (κ3) is 5.27. The van der Waals surface area contributed by atoms with Crippen molar-refractivity contribution in [2.24, 2.45) is 5.73 Å². The fraction of sp³-hybridized carbons (Fsp3) is 0.333. The number of hydrogen-bond acceptors (Lipinski definition) is 2. The fourth-order valence-electron chi connectivity index (χ4n) is 2.34. The van der Waals surface area contributed by atoms with Gasteiger partial charge in [0.25, 0.3) is 0 Å². The van der Waals surface area contributed by atoms with E-state index in [0.717, 1.165) is 29.5 Å². The van der Waals surface area contributed by atoms with Crippen LogP contribution in [0, 0.1) is 0 Å². The van der Waals surface area contributed by atoms with E-state index >= 15 is 0 Å². The number of hydrogen-bond donors (Lipinski definition) is 1. The molecule has 0 spiro atoms. The van der Waals surface area contributed by atoms with Gasteiger partial charge in [-0.2, -0.15) is 0 Å². The van der Waals surface area contributed by atoms with E-state index in [-0.39, 0.29) is 12.1 Å². The molecule has 0 aliphatic carbocycles. The lowest BCUT2D eigenvalue weighted by atomic mass is 10.0. The minimum Gasteiger partial charge on any atom is -0.372 e. The molecule has 3 heteroatoms. The Labute approximate surface area is 135 Å². The Kier molecular flexibility index (Phi) is 6.43. The normalized spacial score (nSPS) is 13.9. The average Bonchev–Trinajstić information content (AvgIpc) is 2.49. The minimum absolute atomic E-state index is 0.0251. The SMILES string of the molecule is CC(N)C(OCCCc1ccccc1)c1ccc(Br)cc1. The van der Waals surface area contributed by atoms with Crippen LogP contribution in [-0.2, 0) is 11.2 Å². The van der Waals surface area contributed by atoms with Gasteiger partial charge in [-0.1, -0.05) is 58.4 Å². The van der Waals surface area contributed by atoms with Gasteiger partial charge in [0, 0.05) is 17.1 Å². The van der Waals surface area contributed by atoms with Gasteiger partial charge in [0.15, 0.2) is 0 Å². The number of halogens is 1. The molecule has 2 nitrogen and oxygen atoms in total. The molecule has 0 aliphatic rings. The van der Waals surface area contributed by atoms with E-state index in [1.165, 1.54) is 5.56 Å². The maximum atomic E-state index is 6.06. The molecule has 2 unspecified atom stereocenters. The van der Waals surface area contributed by atoms with Crippen molar-refractivity contribution in [1.29, 1.82) is 0 Å². The average molecular weight is 348 g/mol. The molecule has 0 fully saturated rings. The van der Waals surface area contributed by atoms with Crippen molar-refractivity contribution in [3.63, 3.8) is 0 Å². The van der Waals surface area contributed by atoms with Crippen molar-refractivity contribution in [2.75, 3.05) is 6.61 Å². The second-order valence-corrected chi connectivity index (χ2v) is 6.21. The molecule has 0 aromatic heterocycles. The van der Waals surface area contributed by atoms with E-state index < -0.39 is 0 Å². The van der Waals surface area contributed by atoms with Crippen molar-refractivity contribution in [3.8, 4) is 0 Å². The Hall–Kier alpha value is -1.16. The first kappa shape index (κ1) is 16.2. The molecule has 2 rings (SSSR count). The lowest BCUT2D eigenvalue weighted by Gasteiger charge is -2.22. The van der Waals surface area contributed by atoms with Gasteiger partial charge in [0.1, 0.15) is 0 Å². The Bertz CT molecular complexity index is 525. The van der Waals surface area contributed by atoms with Gasteiger partial charge in [-0.15, -0.1) is 0 Å². The number of aryl methyl sites for hydroxylation is 1. The molecule has 0 amide bonds. The highest BCUT2D eigenvalue weighted by Crippen LogP contribution is 2.22. The Morgan fingerprint density at radius 3 is 2.33 bits per heavy atom. The lowest BCUT2D eigenvalue weighted by Crippen LogP contribution is -2.27. The lowest BCUT2D eigenvalue weighted by molar-refractivity contribution is 0.0370. The maximum Gasteiger partial charge on any atom is 0.0972 e. The summed E-state index contributed by atoms with van der Waals surface area (Å²) in [6.45, 7) is 2.71. The molecule has 2 aromatic carbocycles. The highest BCUT2D eigenvalue weighted by atomic mass is 79.9. The molecular formula is C18H22BrNO. The number of benzene rings is 2. The molecule has 2 atom stereocenters. The summed E-state index contributed by atoms with van der Waals surface area (Å²) in [7, 11) is 0. The Morgan fingerprint density at radius 1 is 1.05 bits per heavy atom. The summed E-state index contributed by atoms with van der Waals surface area (Å²) in [5.74, 6) is 0. The van der Waals surface area contributed by atoms with Crippen LogP contribution in [-0.4, -0.2) is 12.6 Å². The standard InChI is InChI=1S/C18H22BrNO/c1-14(20)18(16-9-11-17(19)12-10-16)21-13-5-8-15-6-3-2-4-7-15/h2-4,6-7,9-12,14,18H,5,8,13,20H2,1H3. The van der Waals surface area contributed by atoms with E-state index in [0.29, 0.717) is 0 Å². The van der Waals surface area contributed by atoms with Gasteiger partial charge in [0.05, 0.1) is 6.10 Å². The van der Waals surface area contributed by atoms with Crippen LogP contribution in [0.15, 0.2) is 59.1 Å². The van der Waals surface area contributed by atoms with Gasteiger partial charge >= 0.3 is 0 Å². The summed E-state index contributed by atoms with van der Waals surface area (Å²) in [6.07, 6.45) is 1.99. The van der Waals surface area contributed by atoms with Crippen LogP contribution >= 0.6 is 15.9 Å². The monoisotopic (exact) mass is 347 g/mol. The van der Waals surface area contributed by atoms with Crippen LogP contribution in [0.3, 0.4) is 0 Å². The smallest absolute Gasteiger partial charge is 0.0972 e. The van der Waals surface area contributed by atoms with Crippen molar-refractivity contribution in [1.82, 2.24) is 0 Å². The first-order valence-corrected chi connectivity index (χ1v) is 8.12. The van der Waals surface area contributed by atoms with Crippen LogP contribution in [0.2, 0.25) is 0 Å². The Balaban J connectivity index is 1.85. The van der Waals surface area contributed by atoms with Gasteiger partial charge in [-0.3, -0.25) is 0 Å². The predicted molar refractivity (Wildman–Crippen MR) is 91.2 cm³/mol. The second-order valence-electron chi connectivity index (χ2n) is 5.29. The molecule has 0 saturated heterocycles. The minimum atomic E-state index is -0.0473. The number of nitrogens with two attached hydrogens (primary N) is 1. The summed E-state index contributed by atoms with van der Waals surface area (Å²) in [5.41, 5.74) is 8.54. The zero-order valence-electron chi connectivity index (χ0n) is 12.3. The zero-order chi connectivity index (χ0) is 15.1. The summed E-state index contributed by atoms with van der Waals surface area (Å²) >= 11 is 3.45. The number of ether oxygens (including phenoxy) is 1. The van der Waals surface area contributed by atoms with E-state index in [9.17, 15) is 0 Å². The van der Waals surface area contributed by atoms with Crippen molar-refractivity contribution < 1.29 is 4.74 Å². The first-order chi connectivity index (χ1) is 10.2. The topological polar surface area (TPSA) is 35.2 Å². The summed E-state index contributed by atoms with van der Waals surface area (Å²) in [4.78, 5) is 0. The zero-order valence-corrected chi connectivity index (χ0v) is 13.9. The molecule has 0 radical (unpaired) electrons. The summed E-state index contributed by atoms with van der Waals surface area (Å²) < 4.78 is 7.08. The molecule has 2 N–H and O–H groups in total. The van der Waals surface area contributed by atoms with Crippen molar-refractivity contribution in [2.45, 2.75) is 31.9 Å². The molecule has 21 heavy (non-hydrogen) atoms. The molecular weight excluding hydrogens is 326 g/mol. The molecule has 0 saturated carbocycles. The van der Waals surface area contributed by atoms with E-state index in [4.69, 9.17) is 10.5 Å². The third-order valence-corrected chi connectivity index (χ3v) is 3.95. The number of rotatable bonds is 7. The van der Waals surface area contributed by atoms with Crippen LogP contribution < -0.4 is 5.73 Å². The van der Waals surface area contributed by atoms with Crippen LogP contribution in [0.4, 0.5) is 0 Å². The molecule has 0 aliphatic heterocycles. The second kappa shape index (κ2) is 8.32. The van der Waals surface area contributed by atoms with Crippen LogP contribution in [0.1, 0.15) is 30.6 Å². The quantitative estimate of drug-likeness (QED) is 0.749. The first-order valence-electron chi connectivity index (χ1n) is 7.33. The molecule has 112 valence electrons. The van der Waals surface area contributed by atoms with Crippen molar-refractivity contribution in [3.05, 3.63) is 70.2 Å². The van der Waals surface area contributed by atoms with E-state index in [1.54, 1.807) is 0 Å². The third-order valence-electron chi connectivity index (χ3n) is 3.43. The fourth-order valence-corrected chi connectivity index (χ4v) is 2.60. The molecule has 2 aromatic rings. The van der Waals surface area contributed by atoms with Crippen LogP contribution in [0.5, 0.6) is 0 Å². The largest absolute Gasteiger partial charge is 0.372 e. The maximum absolute atomic E-state index is 6.06. The highest BCUT2D eigenvalue weighted by Gasteiger charge is 2.16. The van der Waals surface area contributed by atoms with Crippen molar-refractivity contribution >= 4 is 15.9 Å². The molecule has 0 bridgehead atoms. The van der Waals surface area contributed by atoms with Gasteiger partial charge in [-0.05, 0) is 43.0 Å². The Morgan fingerprint density at radius 2 is 1.71 bits per heavy atom. The summed E-state index contributed by atoms with van der Waals surface area (Å²) in [6, 6.07) is 18.6. The molecule has 0 heterocycles. The van der Waals surface area contributed by atoms with E-state index in [2.05, 4.69) is 52.3 Å². The van der Waals surface area contributed by atoms with Gasteiger partial charge in [0.2, 0.25) is 0 Å². The van der Waals surface area contributed by atoms with E-state index in [1.807, 2.05) is 25.1 Å². The van der Waals surface area contributed by atoms with Gasteiger partial charge < -0.3 is 10.5 Å². The predicted octanol–water partition coefficient (Wildman–Crippen LogP) is 4.49. The highest BCUT2D eigenvalue weighted by molar-refractivity contribution is 9.10. The van der Waals surface area contributed by atoms with Gasteiger partial charge in [-0.25, -0.2) is 0 Å². The van der Waals surface area contributed by atoms with Crippen LogP contribution in [0.25, 0.3) is 0 Å². The summed E-state index contributed by atoms with van der Waals surface area (Å²) in [5, 5.41) is 0.